The maximum absolute atomic E-state index is 9.93. The van der Waals surface area contributed by atoms with E-state index in [-0.39, 0.29) is 5.54 Å². The standard InChI is InChI=1S/C10H18N2O/c1-10(2,3)12-5-4-9(7-12)6-11-8-13/h9H,4-7H2,1-3H3. The predicted molar refractivity (Wildman–Crippen MR) is 52.4 cm³/mol. The summed E-state index contributed by atoms with van der Waals surface area (Å²) in [5, 5.41) is 0. The summed E-state index contributed by atoms with van der Waals surface area (Å²) in [6, 6.07) is 0. The monoisotopic (exact) mass is 182 g/mol. The summed E-state index contributed by atoms with van der Waals surface area (Å²) in [5.41, 5.74) is 0.250. The lowest BCUT2D eigenvalue weighted by molar-refractivity contribution is 0.169. The molecule has 0 aliphatic carbocycles. The molecule has 0 amide bonds. The van der Waals surface area contributed by atoms with E-state index >= 15 is 0 Å². The SMILES string of the molecule is CC(C)(C)N1CCC(CN=C=O)C1. The molecule has 1 saturated heterocycles. The zero-order chi connectivity index (χ0) is 9.90. The highest BCUT2D eigenvalue weighted by Gasteiger charge is 2.29. The Hall–Kier alpha value is -0.660. The van der Waals surface area contributed by atoms with Crippen LogP contribution in [0.5, 0.6) is 0 Å². The smallest absolute Gasteiger partial charge is 0.234 e. The normalized spacial score (nSPS) is 24.4. The van der Waals surface area contributed by atoms with E-state index in [0.717, 1.165) is 19.5 Å². The van der Waals surface area contributed by atoms with Gasteiger partial charge < -0.3 is 0 Å². The van der Waals surface area contributed by atoms with Gasteiger partial charge in [0.25, 0.3) is 0 Å². The van der Waals surface area contributed by atoms with Gasteiger partial charge in [0.15, 0.2) is 0 Å². The van der Waals surface area contributed by atoms with E-state index in [9.17, 15) is 4.79 Å². The first-order valence-electron chi connectivity index (χ1n) is 4.82. The Morgan fingerprint density at radius 3 is 2.69 bits per heavy atom. The molecule has 13 heavy (non-hydrogen) atoms. The summed E-state index contributed by atoms with van der Waals surface area (Å²) in [4.78, 5) is 16.0. The molecule has 74 valence electrons. The lowest BCUT2D eigenvalue weighted by Gasteiger charge is -2.31. The van der Waals surface area contributed by atoms with Crippen LogP contribution >= 0.6 is 0 Å². The first-order chi connectivity index (χ1) is 6.04. The zero-order valence-corrected chi connectivity index (χ0v) is 8.71. The third-order valence-corrected chi connectivity index (χ3v) is 2.65. The second-order valence-electron chi connectivity index (χ2n) is 4.70. The Morgan fingerprint density at radius 1 is 1.54 bits per heavy atom. The Morgan fingerprint density at radius 2 is 2.23 bits per heavy atom. The average Bonchev–Trinajstić information content (AvgIpc) is 2.47. The van der Waals surface area contributed by atoms with Crippen molar-refractivity contribution >= 4 is 6.08 Å². The Balaban J connectivity index is 2.40. The molecule has 0 radical (unpaired) electrons. The van der Waals surface area contributed by atoms with Crippen LogP contribution in [-0.2, 0) is 4.79 Å². The molecule has 0 spiro atoms. The molecule has 3 nitrogen and oxygen atoms in total. The minimum Gasteiger partial charge on any atom is -0.298 e. The van der Waals surface area contributed by atoms with Crippen LogP contribution in [0, 0.1) is 5.92 Å². The van der Waals surface area contributed by atoms with Gasteiger partial charge in [0.05, 0.1) is 6.54 Å². The summed E-state index contributed by atoms with van der Waals surface area (Å²) in [6.07, 6.45) is 2.76. The summed E-state index contributed by atoms with van der Waals surface area (Å²) < 4.78 is 0. The van der Waals surface area contributed by atoms with Crippen LogP contribution < -0.4 is 0 Å². The van der Waals surface area contributed by atoms with Crippen molar-refractivity contribution in [3.63, 3.8) is 0 Å². The van der Waals surface area contributed by atoms with Gasteiger partial charge in [-0.25, -0.2) is 9.79 Å². The lowest BCUT2D eigenvalue weighted by atomic mass is 10.1. The fraction of sp³-hybridized carbons (Fsp3) is 0.900. The lowest BCUT2D eigenvalue weighted by Crippen LogP contribution is -2.39. The Labute approximate surface area is 79.8 Å². The summed E-state index contributed by atoms with van der Waals surface area (Å²) in [6.45, 7) is 9.50. The molecule has 1 rings (SSSR count). The number of hydrogen-bond acceptors (Lipinski definition) is 3. The maximum atomic E-state index is 9.93. The molecule has 0 aromatic rings. The fourth-order valence-corrected chi connectivity index (χ4v) is 1.76. The number of carbonyl (C=O) groups excluding carboxylic acids is 1. The van der Waals surface area contributed by atoms with Crippen molar-refractivity contribution in [2.24, 2.45) is 10.9 Å². The van der Waals surface area contributed by atoms with Crippen molar-refractivity contribution in [1.29, 1.82) is 0 Å². The largest absolute Gasteiger partial charge is 0.298 e. The third kappa shape index (κ3) is 2.94. The molecular weight excluding hydrogens is 164 g/mol. The van der Waals surface area contributed by atoms with Crippen LogP contribution in [0.15, 0.2) is 4.99 Å². The second kappa shape index (κ2) is 4.03. The van der Waals surface area contributed by atoms with Crippen molar-refractivity contribution in [2.75, 3.05) is 19.6 Å². The number of rotatable bonds is 2. The van der Waals surface area contributed by atoms with Gasteiger partial charge in [-0.05, 0) is 39.7 Å². The molecule has 0 aromatic heterocycles. The van der Waals surface area contributed by atoms with Gasteiger partial charge in [-0.3, -0.25) is 4.90 Å². The fourth-order valence-electron chi connectivity index (χ4n) is 1.76. The molecule has 0 bridgehead atoms. The Kier molecular flexibility index (Phi) is 3.23. The van der Waals surface area contributed by atoms with Gasteiger partial charge in [0.1, 0.15) is 0 Å². The van der Waals surface area contributed by atoms with E-state index in [4.69, 9.17) is 0 Å². The van der Waals surface area contributed by atoms with Crippen molar-refractivity contribution in [3.05, 3.63) is 0 Å². The van der Waals surface area contributed by atoms with Crippen LogP contribution in [0.1, 0.15) is 27.2 Å². The molecule has 1 aliphatic rings. The maximum Gasteiger partial charge on any atom is 0.234 e. The molecule has 1 heterocycles. The minimum atomic E-state index is 0.250. The number of aliphatic imine (C=N–C) groups is 1. The van der Waals surface area contributed by atoms with Gasteiger partial charge in [-0.1, -0.05) is 0 Å². The van der Waals surface area contributed by atoms with Crippen LogP contribution in [0.3, 0.4) is 0 Å². The second-order valence-corrected chi connectivity index (χ2v) is 4.70. The molecule has 1 atom stereocenters. The summed E-state index contributed by atoms with van der Waals surface area (Å²) in [5.74, 6) is 0.556. The van der Waals surface area contributed by atoms with Crippen molar-refractivity contribution in [2.45, 2.75) is 32.7 Å². The molecule has 3 heteroatoms. The molecule has 1 unspecified atom stereocenters. The van der Waals surface area contributed by atoms with Crippen LogP contribution in [-0.4, -0.2) is 36.2 Å². The van der Waals surface area contributed by atoms with E-state index in [1.807, 2.05) is 0 Å². The van der Waals surface area contributed by atoms with Gasteiger partial charge >= 0.3 is 0 Å². The van der Waals surface area contributed by atoms with Gasteiger partial charge in [-0.2, -0.15) is 0 Å². The first-order valence-corrected chi connectivity index (χ1v) is 4.82. The molecule has 1 aliphatic heterocycles. The molecular formula is C10H18N2O. The van der Waals surface area contributed by atoms with E-state index in [1.165, 1.54) is 0 Å². The third-order valence-electron chi connectivity index (χ3n) is 2.65. The van der Waals surface area contributed by atoms with E-state index < -0.39 is 0 Å². The van der Waals surface area contributed by atoms with Crippen LogP contribution in [0.25, 0.3) is 0 Å². The van der Waals surface area contributed by atoms with Crippen molar-refractivity contribution in [1.82, 2.24) is 4.90 Å². The molecule has 1 fully saturated rings. The van der Waals surface area contributed by atoms with E-state index in [2.05, 4.69) is 30.7 Å². The van der Waals surface area contributed by atoms with Crippen LogP contribution in [0.2, 0.25) is 0 Å². The number of hydrogen-bond donors (Lipinski definition) is 0. The quantitative estimate of drug-likeness (QED) is 0.478. The van der Waals surface area contributed by atoms with Crippen molar-refractivity contribution < 1.29 is 4.79 Å². The minimum absolute atomic E-state index is 0.250. The topological polar surface area (TPSA) is 32.7 Å². The highest BCUT2D eigenvalue weighted by atomic mass is 16.1. The average molecular weight is 182 g/mol. The van der Waals surface area contributed by atoms with Crippen LogP contribution in [0.4, 0.5) is 0 Å². The highest BCUT2D eigenvalue weighted by molar-refractivity contribution is 5.32. The van der Waals surface area contributed by atoms with Gasteiger partial charge in [0.2, 0.25) is 6.08 Å². The number of nitrogens with zero attached hydrogens (tertiary/aromatic N) is 2. The van der Waals surface area contributed by atoms with E-state index in [1.54, 1.807) is 6.08 Å². The zero-order valence-electron chi connectivity index (χ0n) is 8.71. The predicted octanol–water partition coefficient (Wildman–Crippen LogP) is 1.44. The Bertz CT molecular complexity index is 213. The van der Waals surface area contributed by atoms with Gasteiger partial charge in [-0.15, -0.1) is 0 Å². The highest BCUT2D eigenvalue weighted by Crippen LogP contribution is 2.24. The van der Waals surface area contributed by atoms with Gasteiger partial charge in [0, 0.05) is 12.1 Å². The van der Waals surface area contributed by atoms with Crippen molar-refractivity contribution in [3.8, 4) is 0 Å². The molecule has 0 N–H and O–H groups in total. The molecule has 0 saturated carbocycles. The number of isocyanates is 1. The van der Waals surface area contributed by atoms with E-state index in [0.29, 0.717) is 12.5 Å². The number of likely N-dealkylation sites (tertiary alicyclic amines) is 1. The molecule has 0 aromatic carbocycles. The first kappa shape index (κ1) is 10.4. The summed E-state index contributed by atoms with van der Waals surface area (Å²) in [7, 11) is 0. The summed E-state index contributed by atoms with van der Waals surface area (Å²) >= 11 is 0.